The summed E-state index contributed by atoms with van der Waals surface area (Å²) in [5, 5.41) is -0.188. The molecule has 0 spiro atoms. The molecule has 4 aromatic rings. The first-order chi connectivity index (χ1) is 17.7. The fraction of sp³-hybridized carbons (Fsp3) is 0.143. The van der Waals surface area contributed by atoms with Gasteiger partial charge < -0.3 is 18.6 Å². The van der Waals surface area contributed by atoms with Gasteiger partial charge in [-0.3, -0.25) is 4.79 Å². The molecule has 0 amide bonds. The summed E-state index contributed by atoms with van der Waals surface area (Å²) in [6.45, 7) is 3.87. The third-order valence-electron chi connectivity index (χ3n) is 5.15. The number of carbonyl (C=O) groups excluding carboxylic acids is 1. The number of ether oxygens (including phenoxy) is 3. The first-order valence-electron chi connectivity index (χ1n) is 11.2. The van der Waals surface area contributed by atoms with Gasteiger partial charge in [0.05, 0.1) is 12.0 Å². The Balaban J connectivity index is 1.67. The van der Waals surface area contributed by atoms with Gasteiger partial charge in [0.2, 0.25) is 11.2 Å². The zero-order valence-corrected chi connectivity index (χ0v) is 19.8. The van der Waals surface area contributed by atoms with Gasteiger partial charge in [0.1, 0.15) is 11.3 Å². The van der Waals surface area contributed by atoms with Crippen LogP contribution in [-0.4, -0.2) is 12.6 Å². The Kier molecular flexibility index (Phi) is 7.33. The topological polar surface area (TPSA) is 75.0 Å². The monoisotopic (exact) mass is 510 g/mol. The van der Waals surface area contributed by atoms with Gasteiger partial charge in [-0.25, -0.2) is 4.79 Å². The maximum atomic E-state index is 13.9. The molecule has 0 aliphatic rings. The number of benzene rings is 3. The summed E-state index contributed by atoms with van der Waals surface area (Å²) in [7, 11) is 0. The lowest BCUT2D eigenvalue weighted by Crippen LogP contribution is -2.16. The predicted molar refractivity (Wildman–Crippen MR) is 131 cm³/mol. The van der Waals surface area contributed by atoms with Crippen LogP contribution in [0.15, 0.2) is 82.0 Å². The normalized spacial score (nSPS) is 11.6. The molecule has 0 saturated heterocycles. The van der Waals surface area contributed by atoms with E-state index in [2.05, 4.69) is 0 Å². The van der Waals surface area contributed by atoms with Gasteiger partial charge in [-0.1, -0.05) is 42.0 Å². The average Bonchev–Trinajstić information content (AvgIpc) is 2.86. The van der Waals surface area contributed by atoms with Crippen molar-refractivity contribution in [3.63, 3.8) is 0 Å². The van der Waals surface area contributed by atoms with Gasteiger partial charge in [0, 0.05) is 12.1 Å². The third-order valence-corrected chi connectivity index (χ3v) is 5.15. The third kappa shape index (κ3) is 6.00. The molecule has 1 heterocycles. The molecule has 0 unspecified atom stereocenters. The van der Waals surface area contributed by atoms with Gasteiger partial charge in [-0.2, -0.15) is 13.2 Å². The smallest absolute Gasteiger partial charge is 0.453 e. The zero-order chi connectivity index (χ0) is 26.6. The zero-order valence-electron chi connectivity index (χ0n) is 19.8. The van der Waals surface area contributed by atoms with Crippen LogP contribution in [0.5, 0.6) is 23.0 Å². The van der Waals surface area contributed by atoms with Gasteiger partial charge in [-0.05, 0) is 49.8 Å². The molecule has 0 bridgehead atoms. The minimum atomic E-state index is -5.05. The molecule has 9 heteroatoms. The molecule has 190 valence electrons. The van der Waals surface area contributed by atoms with E-state index in [0.29, 0.717) is 0 Å². The van der Waals surface area contributed by atoms with Crippen molar-refractivity contribution in [3.05, 3.63) is 99.9 Å². The van der Waals surface area contributed by atoms with Crippen molar-refractivity contribution in [1.82, 2.24) is 0 Å². The standard InChI is InChI=1S/C28H21F3O6/c1-3-34-21-6-4-5-7-22(21)36-26-25(33)20-14-13-19(16-23(20)37-27(26)28(29,30)31)35-24(32)15-12-18-10-8-17(2)9-11-18/h4-16H,3H2,1-2H3/b15-12+. The van der Waals surface area contributed by atoms with E-state index in [9.17, 15) is 22.8 Å². The molecule has 6 nitrogen and oxygen atoms in total. The van der Waals surface area contributed by atoms with Crippen LogP contribution in [0.3, 0.4) is 0 Å². The van der Waals surface area contributed by atoms with Crippen molar-refractivity contribution in [2.75, 3.05) is 6.61 Å². The van der Waals surface area contributed by atoms with Crippen LogP contribution in [0.25, 0.3) is 17.0 Å². The van der Waals surface area contributed by atoms with Crippen LogP contribution in [-0.2, 0) is 11.0 Å². The minimum absolute atomic E-state index is 0.0765. The fourth-order valence-corrected chi connectivity index (χ4v) is 3.41. The molecule has 4 rings (SSSR count). The molecule has 0 fully saturated rings. The Bertz CT molecular complexity index is 1520. The fourth-order valence-electron chi connectivity index (χ4n) is 3.41. The van der Waals surface area contributed by atoms with Crippen LogP contribution in [0, 0.1) is 6.92 Å². The SMILES string of the molecule is CCOc1ccccc1Oc1c(C(F)(F)F)oc2cc(OC(=O)/C=C/c3ccc(C)cc3)ccc2c1=O. The molecule has 1 aromatic heterocycles. The number of esters is 1. The lowest BCUT2D eigenvalue weighted by molar-refractivity contribution is -0.154. The van der Waals surface area contributed by atoms with E-state index in [0.717, 1.165) is 17.2 Å². The Morgan fingerprint density at radius 1 is 1.00 bits per heavy atom. The molecular weight excluding hydrogens is 489 g/mol. The summed E-state index contributed by atoms with van der Waals surface area (Å²) in [5.41, 5.74) is 0.357. The summed E-state index contributed by atoms with van der Waals surface area (Å²) in [6, 6.07) is 16.9. The van der Waals surface area contributed by atoms with E-state index < -0.39 is 34.7 Å². The highest BCUT2D eigenvalue weighted by Crippen LogP contribution is 2.40. The number of para-hydroxylation sites is 2. The molecule has 0 aliphatic heterocycles. The van der Waals surface area contributed by atoms with E-state index >= 15 is 0 Å². The van der Waals surface area contributed by atoms with Gasteiger partial charge in [-0.15, -0.1) is 0 Å². The Morgan fingerprint density at radius 3 is 2.38 bits per heavy atom. The van der Waals surface area contributed by atoms with Crippen LogP contribution >= 0.6 is 0 Å². The lowest BCUT2D eigenvalue weighted by atomic mass is 10.1. The molecule has 3 aromatic carbocycles. The second-order valence-corrected chi connectivity index (χ2v) is 7.89. The summed E-state index contributed by atoms with van der Waals surface area (Å²) in [6.07, 6.45) is -2.33. The van der Waals surface area contributed by atoms with Crippen molar-refractivity contribution < 1.29 is 36.6 Å². The van der Waals surface area contributed by atoms with Crippen molar-refractivity contribution in [2.45, 2.75) is 20.0 Å². The first kappa shape index (κ1) is 25.6. The van der Waals surface area contributed by atoms with Gasteiger partial charge in [0.15, 0.2) is 11.5 Å². The number of hydrogen-bond acceptors (Lipinski definition) is 6. The Hall–Kier alpha value is -4.53. The van der Waals surface area contributed by atoms with Crippen LogP contribution in [0.1, 0.15) is 23.8 Å². The number of rotatable bonds is 7. The highest BCUT2D eigenvalue weighted by Gasteiger charge is 2.40. The predicted octanol–water partition coefficient (Wildman–Crippen LogP) is 6.93. The van der Waals surface area contributed by atoms with Crippen molar-refractivity contribution in [2.24, 2.45) is 0 Å². The van der Waals surface area contributed by atoms with E-state index in [4.69, 9.17) is 18.6 Å². The van der Waals surface area contributed by atoms with Crippen LogP contribution in [0.2, 0.25) is 0 Å². The molecule has 0 saturated carbocycles. The lowest BCUT2D eigenvalue weighted by Gasteiger charge is -2.15. The molecule has 37 heavy (non-hydrogen) atoms. The number of halogens is 3. The molecule has 0 atom stereocenters. The highest BCUT2D eigenvalue weighted by atomic mass is 19.4. The summed E-state index contributed by atoms with van der Waals surface area (Å²) in [4.78, 5) is 25.3. The molecule has 0 N–H and O–H groups in total. The van der Waals surface area contributed by atoms with Crippen molar-refractivity contribution in [3.8, 4) is 23.0 Å². The summed E-state index contributed by atoms with van der Waals surface area (Å²) >= 11 is 0. The molecule has 0 aliphatic carbocycles. The molecule has 0 radical (unpaired) electrons. The Labute approximate surface area is 209 Å². The number of alkyl halides is 3. The van der Waals surface area contributed by atoms with Gasteiger partial charge >= 0.3 is 12.1 Å². The van der Waals surface area contributed by atoms with Crippen molar-refractivity contribution in [1.29, 1.82) is 0 Å². The van der Waals surface area contributed by atoms with E-state index in [1.54, 1.807) is 13.0 Å². The maximum absolute atomic E-state index is 13.9. The number of hydrogen-bond donors (Lipinski definition) is 0. The Morgan fingerprint density at radius 2 is 1.70 bits per heavy atom. The van der Waals surface area contributed by atoms with E-state index in [1.807, 2.05) is 31.2 Å². The van der Waals surface area contributed by atoms with E-state index in [1.165, 1.54) is 42.5 Å². The molecular formula is C28H21F3O6. The van der Waals surface area contributed by atoms with Crippen molar-refractivity contribution >= 4 is 23.0 Å². The van der Waals surface area contributed by atoms with Gasteiger partial charge in [0.25, 0.3) is 5.76 Å². The summed E-state index contributed by atoms with van der Waals surface area (Å²) < 4.78 is 62.6. The number of carbonyl (C=O) groups is 1. The maximum Gasteiger partial charge on any atom is 0.453 e. The van der Waals surface area contributed by atoms with Crippen LogP contribution < -0.4 is 19.6 Å². The minimum Gasteiger partial charge on any atom is -0.490 e. The number of aryl methyl sites for hydroxylation is 1. The quantitative estimate of drug-likeness (QED) is 0.152. The second-order valence-electron chi connectivity index (χ2n) is 7.89. The largest absolute Gasteiger partial charge is 0.490 e. The number of fused-ring (bicyclic) bond motifs is 1. The summed E-state index contributed by atoms with van der Waals surface area (Å²) in [5.74, 6) is -3.42. The van der Waals surface area contributed by atoms with E-state index in [-0.39, 0.29) is 29.2 Å². The van der Waals surface area contributed by atoms with Crippen LogP contribution in [0.4, 0.5) is 13.2 Å². The second kappa shape index (κ2) is 10.6. The highest BCUT2D eigenvalue weighted by molar-refractivity contribution is 5.89. The first-order valence-corrected chi connectivity index (χ1v) is 11.2. The average molecular weight is 510 g/mol.